The molecule has 10 heteroatoms. The highest BCUT2D eigenvalue weighted by atomic mass is 79.9. The number of amides is 2. The molecule has 2 rings (SSSR count). The molecule has 2 aromatic carbocycles. The number of ether oxygens (including phenoxy) is 2. The van der Waals surface area contributed by atoms with Crippen molar-refractivity contribution in [1.82, 2.24) is 18.8 Å². The van der Waals surface area contributed by atoms with Crippen LogP contribution in [0.2, 0.25) is 0 Å². The third kappa shape index (κ3) is 14.8. The lowest BCUT2D eigenvalue weighted by molar-refractivity contribution is -0.00100. The molecule has 0 aromatic heterocycles. The second kappa shape index (κ2) is 19.2. The molecular weight excluding hydrogens is 664 g/mol. The first-order valence-corrected chi connectivity index (χ1v) is 14.5. The maximum Gasteiger partial charge on any atom is 0.414 e. The molecule has 42 heavy (non-hydrogen) atoms. The molecule has 0 atom stereocenters. The standard InChI is InChI=1S/C32H52N4O4.2BrH/c1-33(31(37)39-29-21-17-19-27(25-29)35(3,4)5)23-15-13-11-9-10-12-14-16-24-34(2)32(38)40-30-22-18-20-28(26-30)36(6,7)8;;/h17-22,25-26H,9-16,23-24H2,1-8H3;2*1H/q+2;;/p-2. The first-order valence-electron chi connectivity index (χ1n) is 14.5. The van der Waals surface area contributed by atoms with E-state index in [0.717, 1.165) is 49.9 Å². The summed E-state index contributed by atoms with van der Waals surface area (Å²) in [5.74, 6) is 1.16. The Morgan fingerprint density at radius 2 is 0.881 bits per heavy atom. The SMILES string of the molecule is CN(CCCCCCCCCCN(C)C(=O)Oc1cccc([N+](C)(C)C)c1)C(=O)Oc1cccc([N+](C)(C)C)c1.[Br-].[Br-]. The fourth-order valence-electron chi connectivity index (χ4n) is 4.23. The van der Waals surface area contributed by atoms with Gasteiger partial charge in [0.1, 0.15) is 22.9 Å². The minimum atomic E-state index is -0.315. The molecule has 0 aliphatic heterocycles. The molecule has 0 spiro atoms. The number of carbonyl (C=O) groups excluding carboxylic acids is 2. The topological polar surface area (TPSA) is 59.1 Å². The molecule has 0 bridgehead atoms. The van der Waals surface area contributed by atoms with Gasteiger partial charge in [-0.15, -0.1) is 0 Å². The largest absolute Gasteiger partial charge is 1.00 e. The summed E-state index contributed by atoms with van der Waals surface area (Å²) in [5, 5.41) is 0. The molecule has 0 radical (unpaired) electrons. The van der Waals surface area contributed by atoms with Crippen molar-refractivity contribution in [2.45, 2.75) is 51.4 Å². The van der Waals surface area contributed by atoms with Gasteiger partial charge in [0.15, 0.2) is 0 Å². The van der Waals surface area contributed by atoms with Crippen LogP contribution in [-0.4, -0.2) is 91.5 Å². The molecule has 0 fully saturated rings. The summed E-state index contributed by atoms with van der Waals surface area (Å²) < 4.78 is 12.5. The van der Waals surface area contributed by atoms with Crippen molar-refractivity contribution in [1.29, 1.82) is 0 Å². The Morgan fingerprint density at radius 3 is 1.19 bits per heavy atom. The summed E-state index contributed by atoms with van der Waals surface area (Å²) in [7, 11) is 16.1. The van der Waals surface area contributed by atoms with Gasteiger partial charge in [-0.25, -0.2) is 9.59 Å². The molecule has 0 aliphatic rings. The summed E-state index contributed by atoms with van der Waals surface area (Å²) in [6.07, 6.45) is 8.19. The number of nitrogens with zero attached hydrogens (tertiary/aromatic N) is 4. The highest BCUT2D eigenvalue weighted by Gasteiger charge is 2.17. The van der Waals surface area contributed by atoms with Gasteiger partial charge in [-0.2, -0.15) is 0 Å². The molecule has 8 nitrogen and oxygen atoms in total. The van der Waals surface area contributed by atoms with Crippen molar-refractivity contribution in [2.24, 2.45) is 0 Å². The summed E-state index contributed by atoms with van der Waals surface area (Å²) in [6.45, 7) is 1.38. The number of quaternary nitrogens is 2. The zero-order valence-electron chi connectivity index (χ0n) is 26.9. The minimum absolute atomic E-state index is 0. The zero-order valence-corrected chi connectivity index (χ0v) is 30.0. The molecule has 0 saturated carbocycles. The van der Waals surface area contributed by atoms with Crippen molar-refractivity contribution in [3.63, 3.8) is 0 Å². The van der Waals surface area contributed by atoms with Gasteiger partial charge in [0.2, 0.25) is 0 Å². The Hall–Kier alpha value is -2.14. The van der Waals surface area contributed by atoms with E-state index in [0.29, 0.717) is 33.6 Å². The van der Waals surface area contributed by atoms with Crippen molar-refractivity contribution >= 4 is 23.6 Å². The van der Waals surface area contributed by atoms with Crippen LogP contribution in [0.25, 0.3) is 0 Å². The van der Waals surface area contributed by atoms with Crippen molar-refractivity contribution < 1.29 is 53.0 Å². The van der Waals surface area contributed by atoms with Gasteiger partial charge in [-0.3, -0.25) is 8.97 Å². The number of rotatable bonds is 15. The Balaban J connectivity index is 0.00000840. The van der Waals surface area contributed by atoms with Crippen LogP contribution in [0.15, 0.2) is 48.5 Å². The number of hydrogen-bond acceptors (Lipinski definition) is 4. The van der Waals surface area contributed by atoms with E-state index in [2.05, 4.69) is 42.3 Å². The lowest BCUT2D eigenvalue weighted by Gasteiger charge is -2.24. The number of halogens is 2. The van der Waals surface area contributed by atoms with Gasteiger partial charge < -0.3 is 53.2 Å². The van der Waals surface area contributed by atoms with Crippen LogP contribution >= 0.6 is 0 Å². The fraction of sp³-hybridized carbons (Fsp3) is 0.562. The fourth-order valence-corrected chi connectivity index (χ4v) is 4.23. The van der Waals surface area contributed by atoms with Crippen LogP contribution in [0.5, 0.6) is 11.5 Å². The van der Waals surface area contributed by atoms with Crippen molar-refractivity contribution in [3.05, 3.63) is 48.5 Å². The zero-order chi connectivity index (χ0) is 29.8. The van der Waals surface area contributed by atoms with E-state index >= 15 is 0 Å². The maximum atomic E-state index is 12.4. The van der Waals surface area contributed by atoms with Crippen molar-refractivity contribution in [2.75, 3.05) is 69.5 Å². The Morgan fingerprint density at radius 1 is 0.571 bits per heavy atom. The average Bonchev–Trinajstić information content (AvgIpc) is 2.88. The van der Waals surface area contributed by atoms with E-state index in [1.165, 1.54) is 12.8 Å². The third-order valence-corrected chi connectivity index (χ3v) is 6.96. The van der Waals surface area contributed by atoms with Crippen LogP contribution in [0.3, 0.4) is 0 Å². The van der Waals surface area contributed by atoms with Gasteiger partial charge in [0, 0.05) is 39.3 Å². The maximum absolute atomic E-state index is 12.4. The number of carbonyl (C=O) groups is 2. The van der Waals surface area contributed by atoms with Crippen LogP contribution < -0.4 is 52.4 Å². The molecule has 0 unspecified atom stereocenters. The van der Waals surface area contributed by atoms with E-state index in [4.69, 9.17) is 9.47 Å². The van der Waals surface area contributed by atoms with E-state index in [9.17, 15) is 9.59 Å². The van der Waals surface area contributed by atoms with Crippen LogP contribution in [0, 0.1) is 0 Å². The minimum Gasteiger partial charge on any atom is -1.00 e. The summed E-state index contributed by atoms with van der Waals surface area (Å²) in [4.78, 5) is 28.2. The Kier molecular flexibility index (Phi) is 18.2. The van der Waals surface area contributed by atoms with Crippen molar-refractivity contribution in [3.8, 4) is 11.5 Å². The lowest BCUT2D eigenvalue weighted by atomic mass is 10.1. The van der Waals surface area contributed by atoms with E-state index < -0.39 is 0 Å². The molecule has 238 valence electrons. The summed E-state index contributed by atoms with van der Waals surface area (Å²) in [6, 6.07) is 15.4. The third-order valence-electron chi connectivity index (χ3n) is 6.96. The molecular formula is C32H52Br2N4O4. The molecule has 2 amide bonds. The number of hydrogen-bond donors (Lipinski definition) is 0. The predicted molar refractivity (Wildman–Crippen MR) is 166 cm³/mol. The first kappa shape index (κ1) is 39.9. The molecule has 0 N–H and O–H groups in total. The summed E-state index contributed by atoms with van der Waals surface area (Å²) in [5.41, 5.74) is 2.17. The monoisotopic (exact) mass is 714 g/mol. The quantitative estimate of drug-likeness (QED) is 0.202. The normalized spacial score (nSPS) is 11.1. The average molecular weight is 717 g/mol. The van der Waals surface area contributed by atoms with Gasteiger partial charge in [0.05, 0.1) is 42.3 Å². The van der Waals surface area contributed by atoms with Gasteiger partial charge in [-0.05, 0) is 37.1 Å². The first-order chi connectivity index (χ1) is 18.8. The van der Waals surface area contributed by atoms with E-state index in [1.807, 2.05) is 48.5 Å². The molecule has 2 aromatic rings. The highest BCUT2D eigenvalue weighted by molar-refractivity contribution is 5.71. The smallest absolute Gasteiger partial charge is 0.414 e. The van der Waals surface area contributed by atoms with E-state index in [-0.39, 0.29) is 46.1 Å². The predicted octanol–water partition coefficient (Wildman–Crippen LogP) is 0.770. The summed E-state index contributed by atoms with van der Waals surface area (Å²) >= 11 is 0. The Labute approximate surface area is 275 Å². The van der Waals surface area contributed by atoms with Crippen LogP contribution in [0.4, 0.5) is 21.0 Å². The highest BCUT2D eigenvalue weighted by Crippen LogP contribution is 2.24. The molecule has 0 aliphatic carbocycles. The Bertz CT molecular complexity index is 1000. The second-order valence-corrected chi connectivity index (χ2v) is 12.4. The number of benzene rings is 2. The van der Waals surface area contributed by atoms with Gasteiger partial charge in [-0.1, -0.05) is 50.7 Å². The molecule has 0 heterocycles. The number of unbranched alkanes of at least 4 members (excludes halogenated alkanes) is 7. The van der Waals surface area contributed by atoms with Crippen LogP contribution in [0.1, 0.15) is 51.4 Å². The molecule has 0 saturated heterocycles. The van der Waals surface area contributed by atoms with Crippen LogP contribution in [-0.2, 0) is 0 Å². The van der Waals surface area contributed by atoms with Gasteiger partial charge >= 0.3 is 12.2 Å². The van der Waals surface area contributed by atoms with Gasteiger partial charge in [0.25, 0.3) is 0 Å². The van der Waals surface area contributed by atoms with E-state index in [1.54, 1.807) is 23.9 Å². The second-order valence-electron chi connectivity index (χ2n) is 12.4. The lowest BCUT2D eigenvalue weighted by Crippen LogP contribution is -3.00.